The molecule has 100 valence electrons. The van der Waals surface area contributed by atoms with Gasteiger partial charge in [-0.2, -0.15) is 0 Å². The summed E-state index contributed by atoms with van der Waals surface area (Å²) >= 11 is 0. The highest BCUT2D eigenvalue weighted by atomic mass is 35.5. The van der Waals surface area contributed by atoms with Gasteiger partial charge in [-0.3, -0.25) is 0 Å². The van der Waals surface area contributed by atoms with Crippen molar-refractivity contribution in [1.29, 1.82) is 0 Å². The molecule has 19 heavy (non-hydrogen) atoms. The number of halogens is 1. The van der Waals surface area contributed by atoms with Crippen LogP contribution < -0.4 is 5.32 Å². The van der Waals surface area contributed by atoms with Crippen LogP contribution in [0.4, 0.5) is 0 Å². The first kappa shape index (κ1) is 14.1. The van der Waals surface area contributed by atoms with Crippen LogP contribution in [0.2, 0.25) is 0 Å². The van der Waals surface area contributed by atoms with Crippen LogP contribution >= 0.6 is 12.4 Å². The maximum absolute atomic E-state index is 3.53. The van der Waals surface area contributed by atoms with Crippen molar-refractivity contribution in [3.8, 4) is 0 Å². The quantitative estimate of drug-likeness (QED) is 0.873. The van der Waals surface area contributed by atoms with E-state index in [9.17, 15) is 0 Å². The van der Waals surface area contributed by atoms with Gasteiger partial charge in [0.25, 0.3) is 0 Å². The third-order valence-corrected chi connectivity index (χ3v) is 3.94. The van der Waals surface area contributed by atoms with Crippen LogP contribution in [-0.2, 0) is 0 Å². The molecule has 0 spiro atoms. The zero-order valence-electron chi connectivity index (χ0n) is 11.0. The minimum atomic E-state index is 0. The molecule has 1 heterocycles. The summed E-state index contributed by atoms with van der Waals surface area (Å²) in [5, 5.41) is 3.53. The molecule has 1 N–H and O–H groups in total. The fourth-order valence-electron chi connectivity index (χ4n) is 3.01. The molecule has 0 bridgehead atoms. The number of nitrogens with one attached hydrogen (secondary N) is 1. The van der Waals surface area contributed by atoms with Crippen molar-refractivity contribution in [1.82, 2.24) is 5.32 Å². The normalized spacial score (nSPS) is 22.5. The minimum absolute atomic E-state index is 0. The lowest BCUT2D eigenvalue weighted by Gasteiger charge is -2.33. The zero-order chi connectivity index (χ0) is 12.2. The summed E-state index contributed by atoms with van der Waals surface area (Å²) in [5.41, 5.74) is 2.94. The molecule has 1 aliphatic rings. The van der Waals surface area contributed by atoms with Gasteiger partial charge in [0, 0.05) is 12.5 Å². The first-order valence-corrected chi connectivity index (χ1v) is 6.76. The van der Waals surface area contributed by atoms with Crippen LogP contribution in [0, 0.1) is 0 Å². The van der Waals surface area contributed by atoms with E-state index in [1.165, 1.54) is 17.5 Å². The molecular weight excluding hydrogens is 254 g/mol. The maximum atomic E-state index is 3.53. The molecule has 3 rings (SSSR count). The molecule has 0 aromatic heterocycles. The average molecular weight is 274 g/mol. The molecule has 0 radical (unpaired) electrons. The van der Waals surface area contributed by atoms with Gasteiger partial charge in [-0.15, -0.1) is 12.4 Å². The number of hydrogen-bond donors (Lipinski definition) is 1. The second-order valence-electron chi connectivity index (χ2n) is 5.03. The number of piperidine rings is 1. The summed E-state index contributed by atoms with van der Waals surface area (Å²) in [5.74, 6) is 1.25. The van der Waals surface area contributed by atoms with Gasteiger partial charge < -0.3 is 5.32 Å². The monoisotopic (exact) mass is 273 g/mol. The van der Waals surface area contributed by atoms with Crippen LogP contribution in [0.1, 0.15) is 29.4 Å². The Hall–Kier alpha value is -1.31. The molecule has 2 aromatic rings. The first-order valence-electron chi connectivity index (χ1n) is 6.76. The summed E-state index contributed by atoms with van der Waals surface area (Å²) in [7, 11) is 0. The minimum Gasteiger partial charge on any atom is -0.316 e. The second kappa shape index (κ2) is 6.74. The van der Waals surface area contributed by atoms with Crippen molar-refractivity contribution in [2.75, 3.05) is 13.1 Å². The van der Waals surface area contributed by atoms with Crippen molar-refractivity contribution in [3.05, 3.63) is 71.8 Å². The molecule has 1 saturated heterocycles. The maximum Gasteiger partial charge on any atom is 0.00326 e. The predicted octanol–water partition coefficient (Wildman–Crippen LogP) is 3.97. The lowest BCUT2D eigenvalue weighted by molar-refractivity contribution is 0.404. The zero-order valence-corrected chi connectivity index (χ0v) is 11.8. The Morgan fingerprint density at radius 3 is 1.84 bits per heavy atom. The molecular formula is C17H20ClN. The number of benzene rings is 2. The van der Waals surface area contributed by atoms with E-state index in [0.29, 0.717) is 11.8 Å². The van der Waals surface area contributed by atoms with E-state index in [-0.39, 0.29) is 12.4 Å². The molecule has 2 unspecified atom stereocenters. The van der Waals surface area contributed by atoms with E-state index in [1.807, 2.05) is 0 Å². The molecule has 2 atom stereocenters. The van der Waals surface area contributed by atoms with Crippen LogP contribution in [0.5, 0.6) is 0 Å². The van der Waals surface area contributed by atoms with Gasteiger partial charge in [0.1, 0.15) is 0 Å². The van der Waals surface area contributed by atoms with Gasteiger partial charge in [-0.05, 0) is 30.0 Å². The molecule has 0 saturated carbocycles. The Morgan fingerprint density at radius 2 is 1.26 bits per heavy atom. The predicted molar refractivity (Wildman–Crippen MR) is 83.1 cm³/mol. The van der Waals surface area contributed by atoms with Crippen LogP contribution in [0.15, 0.2) is 60.7 Å². The van der Waals surface area contributed by atoms with Crippen molar-refractivity contribution in [2.24, 2.45) is 0 Å². The fraction of sp³-hybridized carbons (Fsp3) is 0.294. The molecule has 2 aromatic carbocycles. The van der Waals surface area contributed by atoms with E-state index >= 15 is 0 Å². The highest BCUT2D eigenvalue weighted by molar-refractivity contribution is 5.85. The van der Waals surface area contributed by atoms with Gasteiger partial charge in [-0.1, -0.05) is 60.7 Å². The van der Waals surface area contributed by atoms with Gasteiger partial charge in [0.2, 0.25) is 0 Å². The van der Waals surface area contributed by atoms with Crippen LogP contribution in [-0.4, -0.2) is 13.1 Å². The van der Waals surface area contributed by atoms with Crippen LogP contribution in [0.25, 0.3) is 0 Å². The molecule has 2 heteroatoms. The third-order valence-electron chi connectivity index (χ3n) is 3.94. The lowest BCUT2D eigenvalue weighted by atomic mass is 9.77. The van der Waals surface area contributed by atoms with Crippen LogP contribution in [0.3, 0.4) is 0 Å². The number of hydrogen-bond acceptors (Lipinski definition) is 1. The van der Waals surface area contributed by atoms with Crippen molar-refractivity contribution in [2.45, 2.75) is 18.3 Å². The van der Waals surface area contributed by atoms with Crippen molar-refractivity contribution >= 4 is 12.4 Å². The Bertz CT molecular complexity index is 436. The van der Waals surface area contributed by atoms with E-state index in [2.05, 4.69) is 66.0 Å². The van der Waals surface area contributed by atoms with Gasteiger partial charge in [0.05, 0.1) is 0 Å². The SMILES string of the molecule is Cl.c1ccc(C2CCNCC2c2ccccc2)cc1. The highest BCUT2D eigenvalue weighted by Gasteiger charge is 2.27. The summed E-state index contributed by atoms with van der Waals surface area (Å²) in [6, 6.07) is 21.8. The summed E-state index contributed by atoms with van der Waals surface area (Å²) < 4.78 is 0. The molecule has 1 fully saturated rings. The molecule has 1 nitrogen and oxygen atoms in total. The number of rotatable bonds is 2. The average Bonchev–Trinajstić information content (AvgIpc) is 2.49. The third kappa shape index (κ3) is 3.17. The largest absolute Gasteiger partial charge is 0.316 e. The molecule has 0 aliphatic carbocycles. The second-order valence-corrected chi connectivity index (χ2v) is 5.03. The fourth-order valence-corrected chi connectivity index (χ4v) is 3.01. The van der Waals surface area contributed by atoms with E-state index in [0.717, 1.165) is 13.1 Å². The molecule has 0 amide bonds. The Labute approximate surface area is 121 Å². The topological polar surface area (TPSA) is 12.0 Å². The summed E-state index contributed by atoms with van der Waals surface area (Å²) in [6.45, 7) is 2.21. The van der Waals surface area contributed by atoms with Gasteiger partial charge >= 0.3 is 0 Å². The Kier molecular flexibility index (Phi) is 5.00. The highest BCUT2D eigenvalue weighted by Crippen LogP contribution is 2.36. The summed E-state index contributed by atoms with van der Waals surface area (Å²) in [6.07, 6.45) is 1.23. The van der Waals surface area contributed by atoms with E-state index < -0.39 is 0 Å². The van der Waals surface area contributed by atoms with E-state index in [4.69, 9.17) is 0 Å². The smallest absolute Gasteiger partial charge is 0.00326 e. The first-order chi connectivity index (χ1) is 8.95. The van der Waals surface area contributed by atoms with E-state index in [1.54, 1.807) is 0 Å². The molecule has 1 aliphatic heterocycles. The lowest BCUT2D eigenvalue weighted by Crippen LogP contribution is -2.33. The Morgan fingerprint density at radius 1 is 0.737 bits per heavy atom. The standard InChI is InChI=1S/C17H19N.ClH/c1-3-7-14(8-4-1)16-11-12-18-13-17(16)15-9-5-2-6-10-15;/h1-10,16-18H,11-13H2;1H. The van der Waals surface area contributed by atoms with Crippen molar-refractivity contribution in [3.63, 3.8) is 0 Å². The van der Waals surface area contributed by atoms with Gasteiger partial charge in [0.15, 0.2) is 0 Å². The summed E-state index contributed by atoms with van der Waals surface area (Å²) in [4.78, 5) is 0. The van der Waals surface area contributed by atoms with Gasteiger partial charge in [-0.25, -0.2) is 0 Å². The van der Waals surface area contributed by atoms with Crippen molar-refractivity contribution < 1.29 is 0 Å². The Balaban J connectivity index is 0.00000133.